The van der Waals surface area contributed by atoms with E-state index in [1.54, 1.807) is 24.3 Å². The van der Waals surface area contributed by atoms with Crippen LogP contribution in [0, 0.1) is 0 Å². The fourth-order valence-electron chi connectivity index (χ4n) is 1.90. The molecule has 2 rings (SSSR count). The summed E-state index contributed by atoms with van der Waals surface area (Å²) in [5.74, 6) is 0. The van der Waals surface area contributed by atoms with E-state index in [0.717, 1.165) is 12.1 Å². The molecule has 0 bridgehead atoms. The Kier molecular flexibility index (Phi) is 4.14. The minimum absolute atomic E-state index is 0.178. The second-order valence-corrected chi connectivity index (χ2v) is 4.70. The van der Waals surface area contributed by atoms with Crippen molar-refractivity contribution in [3.63, 3.8) is 0 Å². The molecule has 0 atom stereocenters. The van der Waals surface area contributed by atoms with Crippen molar-refractivity contribution in [1.29, 1.82) is 0 Å². The highest BCUT2D eigenvalue weighted by molar-refractivity contribution is 6.31. The molecule has 1 nitrogen and oxygen atoms in total. The molecule has 0 saturated heterocycles. The molecule has 0 aliphatic rings. The van der Waals surface area contributed by atoms with Gasteiger partial charge in [-0.2, -0.15) is 13.2 Å². The van der Waals surface area contributed by atoms with Crippen LogP contribution in [0.1, 0.15) is 27.0 Å². The smallest absolute Gasteiger partial charge is 0.298 e. The molecule has 0 aliphatic carbocycles. The van der Waals surface area contributed by atoms with Crippen molar-refractivity contribution < 1.29 is 18.0 Å². The molecule has 0 heterocycles. The minimum atomic E-state index is -4.43. The Morgan fingerprint density at radius 2 is 1.75 bits per heavy atom. The zero-order valence-electron chi connectivity index (χ0n) is 10.2. The molecule has 0 radical (unpaired) electrons. The molecular weight excluding hydrogens is 289 g/mol. The zero-order chi connectivity index (χ0) is 14.8. The molecule has 0 fully saturated rings. The van der Waals surface area contributed by atoms with Crippen LogP contribution in [0.4, 0.5) is 13.2 Å². The number of hydrogen-bond donors (Lipinski definition) is 0. The topological polar surface area (TPSA) is 17.1 Å². The molecule has 20 heavy (non-hydrogen) atoms. The fourth-order valence-corrected chi connectivity index (χ4v) is 2.10. The van der Waals surface area contributed by atoms with Crippen LogP contribution in [-0.4, -0.2) is 6.29 Å². The van der Waals surface area contributed by atoms with E-state index in [4.69, 9.17) is 11.6 Å². The summed E-state index contributed by atoms with van der Waals surface area (Å²) in [4.78, 5) is 10.9. The van der Waals surface area contributed by atoms with Crippen molar-refractivity contribution >= 4 is 17.9 Å². The van der Waals surface area contributed by atoms with E-state index in [0.29, 0.717) is 22.4 Å². The van der Waals surface area contributed by atoms with Gasteiger partial charge in [0.05, 0.1) is 5.56 Å². The molecule has 0 N–H and O–H groups in total. The standard InChI is InChI=1S/C15H10ClF3O/c16-14-4-2-1-3-10(14)7-12-8-13(15(17,18)19)6-5-11(12)9-20/h1-6,8-9H,7H2. The van der Waals surface area contributed by atoms with Crippen molar-refractivity contribution in [2.45, 2.75) is 12.6 Å². The quantitative estimate of drug-likeness (QED) is 0.747. The second kappa shape index (κ2) is 5.67. The van der Waals surface area contributed by atoms with E-state index >= 15 is 0 Å². The summed E-state index contributed by atoms with van der Waals surface area (Å²) in [5, 5.41) is 0.460. The van der Waals surface area contributed by atoms with E-state index in [2.05, 4.69) is 0 Å². The average Bonchev–Trinajstić information content (AvgIpc) is 2.40. The largest absolute Gasteiger partial charge is 0.416 e. The molecule has 0 spiro atoms. The lowest BCUT2D eigenvalue weighted by atomic mass is 9.98. The van der Waals surface area contributed by atoms with Gasteiger partial charge in [0.1, 0.15) is 6.29 Å². The van der Waals surface area contributed by atoms with Gasteiger partial charge in [0.25, 0.3) is 0 Å². The number of rotatable bonds is 3. The van der Waals surface area contributed by atoms with Gasteiger partial charge < -0.3 is 0 Å². The van der Waals surface area contributed by atoms with E-state index in [1.807, 2.05) is 0 Å². The van der Waals surface area contributed by atoms with Crippen LogP contribution in [0.25, 0.3) is 0 Å². The molecule has 2 aromatic rings. The van der Waals surface area contributed by atoms with Gasteiger partial charge in [-0.05, 0) is 35.7 Å². The van der Waals surface area contributed by atoms with Crippen LogP contribution in [-0.2, 0) is 12.6 Å². The van der Waals surface area contributed by atoms with Gasteiger partial charge in [0.15, 0.2) is 0 Å². The van der Waals surface area contributed by atoms with Crippen molar-refractivity contribution in [2.24, 2.45) is 0 Å². The Labute approximate surface area is 119 Å². The van der Waals surface area contributed by atoms with Crippen molar-refractivity contribution in [1.82, 2.24) is 0 Å². The van der Waals surface area contributed by atoms with Gasteiger partial charge in [-0.15, -0.1) is 0 Å². The van der Waals surface area contributed by atoms with Crippen molar-refractivity contribution in [2.75, 3.05) is 0 Å². The maximum absolute atomic E-state index is 12.7. The number of aldehydes is 1. The molecule has 0 amide bonds. The molecule has 104 valence electrons. The minimum Gasteiger partial charge on any atom is -0.298 e. The number of carbonyl (C=O) groups is 1. The van der Waals surface area contributed by atoms with Gasteiger partial charge in [-0.1, -0.05) is 35.9 Å². The first-order chi connectivity index (χ1) is 9.41. The summed E-state index contributed by atoms with van der Waals surface area (Å²) >= 11 is 5.99. The van der Waals surface area contributed by atoms with E-state index in [1.165, 1.54) is 6.07 Å². The molecular formula is C15H10ClF3O. The summed E-state index contributed by atoms with van der Waals surface area (Å²) < 4.78 is 38.1. The average molecular weight is 299 g/mol. The number of halogens is 4. The Hall–Kier alpha value is -1.81. The predicted molar refractivity (Wildman–Crippen MR) is 71.1 cm³/mol. The Morgan fingerprint density at radius 3 is 2.35 bits per heavy atom. The van der Waals surface area contributed by atoms with Crippen LogP contribution >= 0.6 is 11.6 Å². The highest BCUT2D eigenvalue weighted by Gasteiger charge is 2.30. The van der Waals surface area contributed by atoms with E-state index in [-0.39, 0.29) is 12.0 Å². The van der Waals surface area contributed by atoms with Gasteiger partial charge >= 0.3 is 6.18 Å². The lowest BCUT2D eigenvalue weighted by Crippen LogP contribution is -2.07. The van der Waals surface area contributed by atoms with Crippen LogP contribution < -0.4 is 0 Å². The molecule has 0 aliphatic heterocycles. The summed E-state index contributed by atoms with van der Waals surface area (Å²) in [5.41, 5.74) is 0.447. The number of benzene rings is 2. The number of hydrogen-bond acceptors (Lipinski definition) is 1. The molecule has 2 aromatic carbocycles. The first-order valence-electron chi connectivity index (χ1n) is 5.80. The Morgan fingerprint density at radius 1 is 1.05 bits per heavy atom. The third kappa shape index (κ3) is 3.20. The maximum atomic E-state index is 12.7. The van der Waals surface area contributed by atoms with Crippen LogP contribution in [0.3, 0.4) is 0 Å². The highest BCUT2D eigenvalue weighted by atomic mass is 35.5. The third-order valence-electron chi connectivity index (χ3n) is 2.94. The van der Waals surface area contributed by atoms with E-state index in [9.17, 15) is 18.0 Å². The Balaban J connectivity index is 2.44. The summed E-state index contributed by atoms with van der Waals surface area (Å²) in [6.45, 7) is 0. The van der Waals surface area contributed by atoms with Gasteiger partial charge in [0, 0.05) is 10.6 Å². The SMILES string of the molecule is O=Cc1ccc(C(F)(F)F)cc1Cc1ccccc1Cl. The first-order valence-corrected chi connectivity index (χ1v) is 6.18. The van der Waals surface area contributed by atoms with Crippen molar-refractivity contribution in [3.05, 3.63) is 69.7 Å². The van der Waals surface area contributed by atoms with Crippen molar-refractivity contribution in [3.8, 4) is 0 Å². The second-order valence-electron chi connectivity index (χ2n) is 4.30. The zero-order valence-corrected chi connectivity index (χ0v) is 11.0. The van der Waals surface area contributed by atoms with E-state index < -0.39 is 11.7 Å². The van der Waals surface area contributed by atoms with Gasteiger partial charge in [0.2, 0.25) is 0 Å². The molecule has 5 heteroatoms. The highest BCUT2D eigenvalue weighted by Crippen LogP contribution is 2.31. The number of carbonyl (C=O) groups excluding carboxylic acids is 1. The third-order valence-corrected chi connectivity index (χ3v) is 3.30. The van der Waals surface area contributed by atoms with Crippen LogP contribution in [0.5, 0.6) is 0 Å². The predicted octanol–water partition coefficient (Wildman–Crippen LogP) is 4.76. The molecule has 0 unspecified atom stereocenters. The molecule has 0 aromatic heterocycles. The van der Waals surface area contributed by atoms with Crippen LogP contribution in [0.15, 0.2) is 42.5 Å². The normalized spacial score (nSPS) is 11.4. The lowest BCUT2D eigenvalue weighted by molar-refractivity contribution is -0.137. The summed E-state index contributed by atoms with van der Waals surface area (Å²) in [6.07, 6.45) is -3.71. The number of alkyl halides is 3. The molecule has 0 saturated carbocycles. The summed E-state index contributed by atoms with van der Waals surface area (Å²) in [7, 11) is 0. The Bertz CT molecular complexity index is 635. The lowest BCUT2D eigenvalue weighted by Gasteiger charge is -2.11. The monoisotopic (exact) mass is 298 g/mol. The van der Waals surface area contributed by atoms with Gasteiger partial charge in [-0.3, -0.25) is 4.79 Å². The van der Waals surface area contributed by atoms with Gasteiger partial charge in [-0.25, -0.2) is 0 Å². The first kappa shape index (κ1) is 14.6. The van der Waals surface area contributed by atoms with Crippen LogP contribution in [0.2, 0.25) is 5.02 Å². The maximum Gasteiger partial charge on any atom is 0.416 e. The fraction of sp³-hybridized carbons (Fsp3) is 0.133. The summed E-state index contributed by atoms with van der Waals surface area (Å²) in [6, 6.07) is 9.94.